The highest BCUT2D eigenvalue weighted by atomic mass is 32.1. The normalized spacial score (nSPS) is 11.8. The number of pyridine rings is 1. The molecule has 0 amide bonds. The Labute approximate surface area is 102 Å². The number of rotatable bonds is 0. The zero-order valence-electron chi connectivity index (χ0n) is 9.32. The predicted molar refractivity (Wildman–Crippen MR) is 73.7 cm³/mol. The molecule has 82 valence electrons. The average Bonchev–Trinajstić information content (AvgIpc) is 2.93. The van der Waals surface area contributed by atoms with Crippen LogP contribution >= 0.6 is 11.3 Å². The van der Waals surface area contributed by atoms with Gasteiger partial charge in [0, 0.05) is 22.0 Å². The van der Waals surface area contributed by atoms with Crippen molar-refractivity contribution in [3.63, 3.8) is 0 Å². The molecule has 3 heteroatoms. The number of aryl methyl sites for hydroxylation is 1. The predicted octanol–water partition coefficient (Wildman–Crippen LogP) is 4.24. The van der Waals surface area contributed by atoms with Gasteiger partial charge in [-0.25, -0.2) is 0 Å². The lowest BCUT2D eigenvalue weighted by molar-refractivity contribution is 1.30. The summed E-state index contributed by atoms with van der Waals surface area (Å²) in [6.45, 7) is 2.08. The van der Waals surface area contributed by atoms with Crippen LogP contribution in [0.15, 0.2) is 35.7 Å². The van der Waals surface area contributed by atoms with E-state index in [-0.39, 0.29) is 0 Å². The third-order valence-corrected chi connectivity index (χ3v) is 4.17. The summed E-state index contributed by atoms with van der Waals surface area (Å²) in [6, 6.07) is 10.5. The van der Waals surface area contributed by atoms with Crippen molar-refractivity contribution in [1.82, 2.24) is 9.97 Å². The van der Waals surface area contributed by atoms with E-state index < -0.39 is 0 Å². The maximum atomic E-state index is 4.74. The fourth-order valence-electron chi connectivity index (χ4n) is 2.42. The molecule has 0 aliphatic heterocycles. The summed E-state index contributed by atoms with van der Waals surface area (Å²) in [7, 11) is 0. The fraction of sp³-hybridized carbons (Fsp3) is 0.0714. The Morgan fingerprint density at radius 1 is 1.12 bits per heavy atom. The van der Waals surface area contributed by atoms with E-state index in [0.29, 0.717) is 0 Å². The molecule has 1 N–H and O–H groups in total. The third-order valence-electron chi connectivity index (χ3n) is 3.24. The Morgan fingerprint density at radius 2 is 2.00 bits per heavy atom. The molecule has 0 radical (unpaired) electrons. The lowest BCUT2D eigenvalue weighted by atomic mass is 10.2. The largest absolute Gasteiger partial charge is 0.352 e. The first kappa shape index (κ1) is 9.19. The van der Waals surface area contributed by atoms with E-state index in [0.717, 1.165) is 16.7 Å². The quantitative estimate of drug-likeness (QED) is 0.487. The lowest BCUT2D eigenvalue weighted by Crippen LogP contribution is -1.82. The van der Waals surface area contributed by atoms with E-state index in [2.05, 4.69) is 47.6 Å². The van der Waals surface area contributed by atoms with Crippen LogP contribution in [0.5, 0.6) is 0 Å². The SMILES string of the molecule is Cc1nc2c3ccccc3[nH]c2c2sccc12. The van der Waals surface area contributed by atoms with Crippen LogP contribution in [0.2, 0.25) is 0 Å². The van der Waals surface area contributed by atoms with Gasteiger partial charge in [-0.1, -0.05) is 18.2 Å². The van der Waals surface area contributed by atoms with Gasteiger partial charge in [-0.3, -0.25) is 4.98 Å². The van der Waals surface area contributed by atoms with Crippen LogP contribution in [0.1, 0.15) is 5.69 Å². The second-order valence-corrected chi connectivity index (χ2v) is 5.17. The Bertz CT molecular complexity index is 854. The molecule has 0 atom stereocenters. The highest BCUT2D eigenvalue weighted by Crippen LogP contribution is 2.33. The Morgan fingerprint density at radius 3 is 2.94 bits per heavy atom. The van der Waals surface area contributed by atoms with Crippen molar-refractivity contribution in [2.24, 2.45) is 0 Å². The summed E-state index contributed by atoms with van der Waals surface area (Å²) in [5.41, 5.74) is 4.53. The molecular weight excluding hydrogens is 228 g/mol. The number of aromatic nitrogens is 2. The standard InChI is InChI=1S/C14H10N2S/c1-8-9-6-7-17-14(9)13-12(15-8)10-4-2-3-5-11(10)16-13/h2-7,16H,1H3. The van der Waals surface area contributed by atoms with Gasteiger partial charge in [0.1, 0.15) is 0 Å². The zero-order valence-corrected chi connectivity index (χ0v) is 10.1. The van der Waals surface area contributed by atoms with Gasteiger partial charge in [0.25, 0.3) is 0 Å². The van der Waals surface area contributed by atoms with Gasteiger partial charge in [0.15, 0.2) is 0 Å². The minimum Gasteiger partial charge on any atom is -0.352 e. The molecule has 0 aliphatic rings. The molecule has 1 aromatic carbocycles. The number of nitrogens with zero attached hydrogens (tertiary/aromatic N) is 1. The van der Waals surface area contributed by atoms with Gasteiger partial charge < -0.3 is 4.98 Å². The first-order chi connectivity index (χ1) is 8.34. The number of para-hydroxylation sites is 1. The molecule has 17 heavy (non-hydrogen) atoms. The van der Waals surface area contributed by atoms with Crippen molar-refractivity contribution < 1.29 is 0 Å². The van der Waals surface area contributed by atoms with E-state index in [9.17, 15) is 0 Å². The van der Waals surface area contributed by atoms with Crippen molar-refractivity contribution >= 4 is 43.4 Å². The Hall–Kier alpha value is -1.87. The molecule has 0 saturated carbocycles. The van der Waals surface area contributed by atoms with Gasteiger partial charge >= 0.3 is 0 Å². The minimum atomic E-state index is 1.09. The molecule has 0 spiro atoms. The van der Waals surface area contributed by atoms with E-state index in [1.54, 1.807) is 11.3 Å². The van der Waals surface area contributed by atoms with Gasteiger partial charge in [0.05, 0.1) is 15.7 Å². The van der Waals surface area contributed by atoms with Crippen LogP contribution in [0.4, 0.5) is 0 Å². The summed E-state index contributed by atoms with van der Waals surface area (Å²) in [6.07, 6.45) is 0. The van der Waals surface area contributed by atoms with Crippen molar-refractivity contribution in [3.8, 4) is 0 Å². The van der Waals surface area contributed by atoms with Gasteiger partial charge in [-0.15, -0.1) is 11.3 Å². The average molecular weight is 238 g/mol. The molecule has 3 aromatic heterocycles. The molecule has 0 saturated heterocycles. The zero-order chi connectivity index (χ0) is 11.4. The van der Waals surface area contributed by atoms with Crippen molar-refractivity contribution in [1.29, 1.82) is 0 Å². The van der Waals surface area contributed by atoms with Crippen LogP contribution in [-0.2, 0) is 0 Å². The lowest BCUT2D eigenvalue weighted by Gasteiger charge is -1.97. The number of thiophene rings is 1. The van der Waals surface area contributed by atoms with Gasteiger partial charge in [0.2, 0.25) is 0 Å². The van der Waals surface area contributed by atoms with Crippen molar-refractivity contribution in [2.45, 2.75) is 6.92 Å². The topological polar surface area (TPSA) is 28.7 Å². The summed E-state index contributed by atoms with van der Waals surface area (Å²) in [4.78, 5) is 8.22. The van der Waals surface area contributed by atoms with Gasteiger partial charge in [-0.2, -0.15) is 0 Å². The number of hydrogen-bond acceptors (Lipinski definition) is 2. The second-order valence-electron chi connectivity index (χ2n) is 4.25. The number of fused-ring (bicyclic) bond motifs is 5. The van der Waals surface area contributed by atoms with E-state index >= 15 is 0 Å². The molecule has 0 aliphatic carbocycles. The van der Waals surface area contributed by atoms with Gasteiger partial charge in [-0.05, 0) is 24.4 Å². The molecule has 0 unspecified atom stereocenters. The number of hydrogen-bond donors (Lipinski definition) is 1. The highest BCUT2D eigenvalue weighted by Gasteiger charge is 2.11. The highest BCUT2D eigenvalue weighted by molar-refractivity contribution is 7.18. The van der Waals surface area contributed by atoms with E-state index in [1.165, 1.54) is 21.0 Å². The smallest absolute Gasteiger partial charge is 0.0975 e. The van der Waals surface area contributed by atoms with Crippen molar-refractivity contribution in [3.05, 3.63) is 41.4 Å². The van der Waals surface area contributed by atoms with Crippen LogP contribution in [0.3, 0.4) is 0 Å². The Balaban J connectivity index is 2.39. The van der Waals surface area contributed by atoms with Crippen LogP contribution in [-0.4, -0.2) is 9.97 Å². The van der Waals surface area contributed by atoms with E-state index in [4.69, 9.17) is 4.98 Å². The minimum absolute atomic E-state index is 1.09. The number of H-pyrrole nitrogens is 1. The molecule has 4 aromatic rings. The first-order valence-electron chi connectivity index (χ1n) is 5.59. The maximum absolute atomic E-state index is 4.74. The first-order valence-corrected chi connectivity index (χ1v) is 6.47. The summed E-state index contributed by atoms with van der Waals surface area (Å²) >= 11 is 1.77. The second kappa shape index (κ2) is 3.08. The number of nitrogens with one attached hydrogen (secondary N) is 1. The van der Waals surface area contributed by atoms with Crippen LogP contribution in [0.25, 0.3) is 32.0 Å². The maximum Gasteiger partial charge on any atom is 0.0975 e. The summed E-state index contributed by atoms with van der Waals surface area (Å²) < 4.78 is 1.31. The third kappa shape index (κ3) is 1.12. The monoisotopic (exact) mass is 238 g/mol. The number of benzene rings is 1. The molecule has 0 bridgehead atoms. The molecular formula is C14H10N2S. The molecule has 0 fully saturated rings. The fourth-order valence-corrected chi connectivity index (χ4v) is 3.37. The van der Waals surface area contributed by atoms with E-state index in [1.807, 2.05) is 0 Å². The Kier molecular flexibility index (Phi) is 1.66. The van der Waals surface area contributed by atoms with Crippen LogP contribution in [0, 0.1) is 6.92 Å². The molecule has 2 nitrogen and oxygen atoms in total. The molecule has 4 rings (SSSR count). The summed E-state index contributed by atoms with van der Waals surface area (Å²) in [5, 5.41) is 4.60. The van der Waals surface area contributed by atoms with Crippen LogP contribution < -0.4 is 0 Å². The van der Waals surface area contributed by atoms with Crippen molar-refractivity contribution in [2.75, 3.05) is 0 Å². The summed E-state index contributed by atoms with van der Waals surface area (Å²) in [5.74, 6) is 0. The number of aromatic amines is 1. The molecule has 3 heterocycles.